The molecule has 8 heteroatoms. The third-order valence-electron chi connectivity index (χ3n) is 7.75. The van der Waals surface area contributed by atoms with E-state index in [2.05, 4.69) is 49.6 Å². The zero-order chi connectivity index (χ0) is 31.9. The van der Waals surface area contributed by atoms with Crippen molar-refractivity contribution in [3.63, 3.8) is 0 Å². The van der Waals surface area contributed by atoms with Crippen LogP contribution in [0.3, 0.4) is 0 Å². The first-order valence-electron chi connectivity index (χ1n) is 14.6. The molecule has 3 aromatic rings. The van der Waals surface area contributed by atoms with E-state index in [4.69, 9.17) is 18.9 Å². The highest BCUT2D eigenvalue weighted by Crippen LogP contribution is 2.55. The summed E-state index contributed by atoms with van der Waals surface area (Å²) in [6, 6.07) is 18.7. The van der Waals surface area contributed by atoms with Gasteiger partial charge in [-0.15, -0.1) is 0 Å². The molecule has 1 aliphatic rings. The second kappa shape index (κ2) is 14.2. The molecule has 0 spiro atoms. The number of carbonyl (C=O) groups is 4. The molecule has 0 fully saturated rings. The molecule has 1 aliphatic carbocycles. The van der Waals surface area contributed by atoms with Gasteiger partial charge in [-0.3, -0.25) is 9.59 Å². The molecule has 4 rings (SSSR count). The number of benzene rings is 3. The van der Waals surface area contributed by atoms with Crippen molar-refractivity contribution in [2.75, 3.05) is 26.4 Å². The lowest BCUT2D eigenvalue weighted by molar-refractivity contribution is -0.150. The van der Waals surface area contributed by atoms with Gasteiger partial charge in [-0.2, -0.15) is 0 Å². The molecule has 0 amide bonds. The minimum absolute atomic E-state index is 0.0625. The van der Waals surface area contributed by atoms with Gasteiger partial charge in [0.25, 0.3) is 0 Å². The molecule has 0 bridgehead atoms. The Morgan fingerprint density at radius 1 is 0.636 bits per heavy atom. The average molecular weight is 599 g/mol. The van der Waals surface area contributed by atoms with Crippen LogP contribution in [0.4, 0.5) is 0 Å². The van der Waals surface area contributed by atoms with Crippen molar-refractivity contribution in [2.24, 2.45) is 0 Å². The number of rotatable bonds is 14. The average Bonchev–Trinajstić information content (AvgIpc) is 3.25. The highest BCUT2D eigenvalue weighted by atomic mass is 16.6. The van der Waals surface area contributed by atoms with Crippen molar-refractivity contribution < 1.29 is 38.1 Å². The molecule has 44 heavy (non-hydrogen) atoms. The molecule has 230 valence electrons. The Labute approximate surface area is 257 Å². The quantitative estimate of drug-likeness (QED) is 0.0922. The van der Waals surface area contributed by atoms with E-state index in [1.54, 1.807) is 13.8 Å². The van der Waals surface area contributed by atoms with Crippen LogP contribution in [0.5, 0.6) is 0 Å². The highest BCUT2D eigenvalue weighted by molar-refractivity contribution is 5.94. The number of esters is 4. The number of hydrogen-bond acceptors (Lipinski definition) is 8. The van der Waals surface area contributed by atoms with Crippen LogP contribution in [-0.4, -0.2) is 50.3 Å². The predicted molar refractivity (Wildman–Crippen MR) is 167 cm³/mol. The van der Waals surface area contributed by atoms with Gasteiger partial charge in [-0.05, 0) is 78.8 Å². The number of carbonyl (C=O) groups excluding carboxylic acids is 4. The summed E-state index contributed by atoms with van der Waals surface area (Å²) in [5.41, 5.74) is 5.21. The SMILES string of the molecule is C=C(C)C(=O)OCCOC(=O)CCC1(CCC(=O)OCCOC(=O)C(=C)C)c2ccc(C)cc2-c2cc3ccccc3cc21. The Morgan fingerprint density at radius 3 is 1.64 bits per heavy atom. The van der Waals surface area contributed by atoms with Gasteiger partial charge in [-0.1, -0.05) is 61.2 Å². The summed E-state index contributed by atoms with van der Waals surface area (Å²) < 4.78 is 20.8. The summed E-state index contributed by atoms with van der Waals surface area (Å²) >= 11 is 0. The Morgan fingerprint density at radius 2 is 1.11 bits per heavy atom. The maximum atomic E-state index is 12.9. The second-order valence-electron chi connectivity index (χ2n) is 11.1. The predicted octanol–water partition coefficient (Wildman–Crippen LogP) is 6.30. The molecule has 0 N–H and O–H groups in total. The normalized spacial score (nSPS) is 12.5. The fourth-order valence-corrected chi connectivity index (χ4v) is 5.57. The van der Waals surface area contributed by atoms with Crippen LogP contribution >= 0.6 is 0 Å². The van der Waals surface area contributed by atoms with Gasteiger partial charge in [0.1, 0.15) is 26.4 Å². The summed E-state index contributed by atoms with van der Waals surface area (Å²) in [5.74, 6) is -1.94. The van der Waals surface area contributed by atoms with E-state index < -0.39 is 29.3 Å². The first kappa shape index (κ1) is 32.2. The largest absolute Gasteiger partial charge is 0.462 e. The van der Waals surface area contributed by atoms with E-state index in [0.29, 0.717) is 12.8 Å². The molecular formula is C36H38O8. The zero-order valence-corrected chi connectivity index (χ0v) is 25.5. The van der Waals surface area contributed by atoms with E-state index in [-0.39, 0.29) is 50.4 Å². The van der Waals surface area contributed by atoms with Crippen molar-refractivity contribution in [3.05, 3.63) is 95.6 Å². The summed E-state index contributed by atoms with van der Waals surface area (Å²) in [7, 11) is 0. The molecule has 0 aliphatic heterocycles. The van der Waals surface area contributed by atoms with Crippen molar-refractivity contribution in [1.82, 2.24) is 0 Å². The van der Waals surface area contributed by atoms with Gasteiger partial charge in [0.15, 0.2) is 0 Å². The monoisotopic (exact) mass is 598 g/mol. The van der Waals surface area contributed by atoms with E-state index in [0.717, 1.165) is 38.6 Å². The fourth-order valence-electron chi connectivity index (χ4n) is 5.57. The van der Waals surface area contributed by atoms with Gasteiger partial charge in [0, 0.05) is 29.4 Å². The standard InChI is InChI=1S/C36H38O8/c1-23(2)34(39)43-18-16-41-32(37)12-14-36(15-13-33(38)42-17-19-44-35(40)24(3)4)30-11-10-25(5)20-28(30)29-21-26-8-6-7-9-27(26)22-31(29)36/h6-11,20-22H,1,3,12-19H2,2,4-5H3. The fraction of sp³-hybridized carbons (Fsp3) is 0.333. The highest BCUT2D eigenvalue weighted by Gasteiger charge is 2.43. The number of fused-ring (bicyclic) bond motifs is 4. The summed E-state index contributed by atoms with van der Waals surface area (Å²) in [6.07, 6.45) is 0.949. The maximum absolute atomic E-state index is 12.9. The molecule has 0 unspecified atom stereocenters. The number of ether oxygens (including phenoxy) is 4. The first-order valence-corrected chi connectivity index (χ1v) is 14.6. The number of aryl methyl sites for hydroxylation is 1. The molecule has 0 radical (unpaired) electrons. The van der Waals surface area contributed by atoms with Gasteiger partial charge in [-0.25, -0.2) is 9.59 Å². The van der Waals surface area contributed by atoms with Crippen LogP contribution in [0.25, 0.3) is 21.9 Å². The lowest BCUT2D eigenvalue weighted by Crippen LogP contribution is -2.28. The van der Waals surface area contributed by atoms with Crippen LogP contribution in [0.1, 0.15) is 56.2 Å². The molecular weight excluding hydrogens is 560 g/mol. The van der Waals surface area contributed by atoms with E-state index in [9.17, 15) is 19.2 Å². The van der Waals surface area contributed by atoms with E-state index in [1.165, 1.54) is 0 Å². The minimum atomic E-state index is -0.667. The third kappa shape index (κ3) is 7.43. The topological polar surface area (TPSA) is 105 Å². The number of hydrogen-bond donors (Lipinski definition) is 0. The summed E-state index contributed by atoms with van der Waals surface area (Å²) in [6.45, 7) is 11.9. The Hall–Kier alpha value is -4.72. The lowest BCUT2D eigenvalue weighted by atomic mass is 9.71. The van der Waals surface area contributed by atoms with Crippen LogP contribution < -0.4 is 0 Å². The Bertz CT molecular complexity index is 1570. The molecule has 0 heterocycles. The Kier molecular flexibility index (Phi) is 10.4. The van der Waals surface area contributed by atoms with Crippen LogP contribution in [0.2, 0.25) is 0 Å². The molecule has 3 aromatic carbocycles. The van der Waals surface area contributed by atoms with Gasteiger partial charge < -0.3 is 18.9 Å². The van der Waals surface area contributed by atoms with Crippen LogP contribution in [0.15, 0.2) is 78.9 Å². The summed E-state index contributed by atoms with van der Waals surface area (Å²) in [4.78, 5) is 49.1. The molecule has 0 saturated carbocycles. The van der Waals surface area contributed by atoms with Gasteiger partial charge >= 0.3 is 23.9 Å². The lowest BCUT2D eigenvalue weighted by Gasteiger charge is -2.32. The third-order valence-corrected chi connectivity index (χ3v) is 7.75. The van der Waals surface area contributed by atoms with Gasteiger partial charge in [0.2, 0.25) is 0 Å². The molecule has 0 saturated heterocycles. The van der Waals surface area contributed by atoms with Crippen molar-refractivity contribution in [3.8, 4) is 11.1 Å². The van der Waals surface area contributed by atoms with Crippen LogP contribution in [-0.2, 0) is 43.5 Å². The molecule has 0 aromatic heterocycles. The summed E-state index contributed by atoms with van der Waals surface area (Å²) in [5, 5.41) is 2.16. The molecule has 0 atom stereocenters. The second-order valence-corrected chi connectivity index (χ2v) is 11.1. The maximum Gasteiger partial charge on any atom is 0.333 e. The smallest absolute Gasteiger partial charge is 0.333 e. The van der Waals surface area contributed by atoms with Gasteiger partial charge in [0.05, 0.1) is 0 Å². The Balaban J connectivity index is 1.57. The molecule has 8 nitrogen and oxygen atoms in total. The van der Waals surface area contributed by atoms with Crippen molar-refractivity contribution in [2.45, 2.75) is 51.9 Å². The van der Waals surface area contributed by atoms with Crippen molar-refractivity contribution >= 4 is 34.6 Å². The van der Waals surface area contributed by atoms with Crippen LogP contribution in [0, 0.1) is 6.92 Å². The zero-order valence-electron chi connectivity index (χ0n) is 25.5. The van der Waals surface area contributed by atoms with E-state index >= 15 is 0 Å². The van der Waals surface area contributed by atoms with Crippen molar-refractivity contribution in [1.29, 1.82) is 0 Å². The first-order chi connectivity index (χ1) is 21.0. The van der Waals surface area contributed by atoms with E-state index in [1.807, 2.05) is 25.1 Å². The minimum Gasteiger partial charge on any atom is -0.462 e.